The van der Waals surface area contributed by atoms with Crippen LogP contribution >= 0.6 is 0 Å². The molecule has 4 nitrogen and oxygen atoms in total. The lowest BCUT2D eigenvalue weighted by Crippen LogP contribution is -2.26. The lowest BCUT2D eigenvalue weighted by molar-refractivity contribution is 0.156. The molecule has 14 heavy (non-hydrogen) atoms. The predicted molar refractivity (Wildman–Crippen MR) is 50.3 cm³/mol. The van der Waals surface area contributed by atoms with E-state index in [1.54, 1.807) is 13.8 Å². The van der Waals surface area contributed by atoms with Gasteiger partial charge >= 0.3 is 6.01 Å². The van der Waals surface area contributed by atoms with Crippen LogP contribution in [0.15, 0.2) is 12.3 Å². The summed E-state index contributed by atoms with van der Waals surface area (Å²) in [7, 11) is 0. The molecule has 0 fully saturated rings. The molecule has 70 valence electrons. The van der Waals surface area contributed by atoms with Crippen molar-refractivity contribution in [2.75, 3.05) is 0 Å². The van der Waals surface area contributed by atoms with E-state index in [0.717, 1.165) is 0 Å². The molecule has 0 amide bonds. The Morgan fingerprint density at radius 3 is 2.86 bits per heavy atom. The zero-order valence-electron chi connectivity index (χ0n) is 7.98. The summed E-state index contributed by atoms with van der Waals surface area (Å²) in [5, 5.41) is 8.58. The molecule has 0 saturated heterocycles. The molecule has 1 heterocycles. The van der Waals surface area contributed by atoms with E-state index < -0.39 is 5.60 Å². The molecule has 0 atom stereocenters. The summed E-state index contributed by atoms with van der Waals surface area (Å²) < 4.78 is 5.28. The SMILES string of the molecule is C#CC(C)(C)Oc1nccc(C#N)n1. The van der Waals surface area contributed by atoms with Gasteiger partial charge in [0.05, 0.1) is 0 Å². The molecule has 0 saturated carbocycles. The third-order valence-electron chi connectivity index (χ3n) is 1.44. The molecule has 1 aromatic rings. The van der Waals surface area contributed by atoms with Crippen LogP contribution in [0.3, 0.4) is 0 Å². The van der Waals surface area contributed by atoms with E-state index in [0.29, 0.717) is 0 Å². The second-order valence-corrected chi connectivity index (χ2v) is 3.09. The van der Waals surface area contributed by atoms with Gasteiger partial charge in [-0.2, -0.15) is 10.2 Å². The number of nitrogens with zero attached hydrogens (tertiary/aromatic N) is 3. The highest BCUT2D eigenvalue weighted by Gasteiger charge is 2.17. The minimum Gasteiger partial charge on any atom is -0.444 e. The molecule has 0 aliphatic carbocycles. The Bertz CT molecular complexity index is 412. The van der Waals surface area contributed by atoms with Crippen molar-refractivity contribution in [1.29, 1.82) is 5.26 Å². The number of rotatable bonds is 2. The number of ether oxygens (including phenoxy) is 1. The number of nitriles is 1. The van der Waals surface area contributed by atoms with Crippen molar-refractivity contribution in [1.82, 2.24) is 9.97 Å². The average Bonchev–Trinajstić information content (AvgIpc) is 2.17. The van der Waals surface area contributed by atoms with E-state index in [4.69, 9.17) is 16.4 Å². The Balaban J connectivity index is 2.90. The van der Waals surface area contributed by atoms with Crippen LogP contribution in [-0.2, 0) is 0 Å². The van der Waals surface area contributed by atoms with Gasteiger partial charge in [-0.15, -0.1) is 6.42 Å². The van der Waals surface area contributed by atoms with Gasteiger partial charge in [0.2, 0.25) is 0 Å². The van der Waals surface area contributed by atoms with Crippen LogP contribution < -0.4 is 4.74 Å². The van der Waals surface area contributed by atoms with Crippen molar-refractivity contribution in [3.05, 3.63) is 18.0 Å². The smallest absolute Gasteiger partial charge is 0.319 e. The maximum Gasteiger partial charge on any atom is 0.319 e. The molecule has 0 radical (unpaired) electrons. The molecule has 0 spiro atoms. The first-order valence-electron chi connectivity index (χ1n) is 3.97. The summed E-state index contributed by atoms with van der Waals surface area (Å²) >= 11 is 0. The third-order valence-corrected chi connectivity index (χ3v) is 1.44. The van der Waals surface area contributed by atoms with Crippen molar-refractivity contribution in [2.24, 2.45) is 0 Å². The Labute approximate surface area is 82.6 Å². The molecule has 4 heteroatoms. The van der Waals surface area contributed by atoms with Gasteiger partial charge in [-0.05, 0) is 19.9 Å². The van der Waals surface area contributed by atoms with Gasteiger partial charge in [0, 0.05) is 6.20 Å². The van der Waals surface area contributed by atoms with Gasteiger partial charge in [-0.1, -0.05) is 5.92 Å². The fraction of sp³-hybridized carbons (Fsp3) is 0.300. The largest absolute Gasteiger partial charge is 0.444 e. The van der Waals surface area contributed by atoms with Crippen LogP contribution in [0.25, 0.3) is 0 Å². The number of hydrogen-bond donors (Lipinski definition) is 0. The van der Waals surface area contributed by atoms with Gasteiger partial charge < -0.3 is 4.74 Å². The second kappa shape index (κ2) is 3.76. The van der Waals surface area contributed by atoms with Crippen LogP contribution in [-0.4, -0.2) is 15.6 Å². The molecule has 0 bridgehead atoms. The van der Waals surface area contributed by atoms with E-state index in [1.165, 1.54) is 12.3 Å². The van der Waals surface area contributed by atoms with Crippen LogP contribution in [0.2, 0.25) is 0 Å². The first-order chi connectivity index (χ1) is 6.57. The summed E-state index contributed by atoms with van der Waals surface area (Å²) in [5.74, 6) is 2.44. The summed E-state index contributed by atoms with van der Waals surface area (Å²) in [6.07, 6.45) is 6.68. The Hall–Kier alpha value is -2.07. The Morgan fingerprint density at radius 1 is 1.57 bits per heavy atom. The van der Waals surface area contributed by atoms with Gasteiger partial charge in [0.25, 0.3) is 0 Å². The van der Waals surface area contributed by atoms with Crippen molar-refractivity contribution in [3.63, 3.8) is 0 Å². The van der Waals surface area contributed by atoms with Crippen molar-refractivity contribution >= 4 is 0 Å². The van der Waals surface area contributed by atoms with Gasteiger partial charge in [-0.25, -0.2) is 4.98 Å². The monoisotopic (exact) mass is 187 g/mol. The normalized spacial score (nSPS) is 10.0. The lowest BCUT2D eigenvalue weighted by atomic mass is 10.1. The van der Waals surface area contributed by atoms with Crippen LogP contribution in [0, 0.1) is 23.7 Å². The maximum absolute atomic E-state index is 8.58. The molecule has 0 aromatic carbocycles. The average molecular weight is 187 g/mol. The molecule has 1 aromatic heterocycles. The minimum absolute atomic E-state index is 0.118. The zero-order chi connectivity index (χ0) is 10.6. The third kappa shape index (κ3) is 2.46. The topological polar surface area (TPSA) is 58.8 Å². The maximum atomic E-state index is 8.58. The molecule has 0 aliphatic rings. The number of aromatic nitrogens is 2. The van der Waals surface area contributed by atoms with E-state index in [1.807, 2.05) is 6.07 Å². The quantitative estimate of drug-likeness (QED) is 0.651. The van der Waals surface area contributed by atoms with Gasteiger partial charge in [-0.3, -0.25) is 0 Å². The number of terminal acetylenes is 1. The zero-order valence-corrected chi connectivity index (χ0v) is 7.98. The van der Waals surface area contributed by atoms with E-state index in [-0.39, 0.29) is 11.7 Å². The minimum atomic E-state index is -0.770. The lowest BCUT2D eigenvalue weighted by Gasteiger charge is -2.17. The van der Waals surface area contributed by atoms with Crippen molar-refractivity contribution in [2.45, 2.75) is 19.4 Å². The Morgan fingerprint density at radius 2 is 2.29 bits per heavy atom. The summed E-state index contributed by atoms with van der Waals surface area (Å²) in [6.45, 7) is 3.44. The van der Waals surface area contributed by atoms with Crippen LogP contribution in [0.5, 0.6) is 6.01 Å². The van der Waals surface area contributed by atoms with Gasteiger partial charge in [0.15, 0.2) is 5.60 Å². The highest BCUT2D eigenvalue weighted by atomic mass is 16.5. The predicted octanol–water partition coefficient (Wildman–Crippen LogP) is 1.14. The summed E-state index contributed by atoms with van der Waals surface area (Å²) in [5.41, 5.74) is -0.517. The van der Waals surface area contributed by atoms with Crippen LogP contribution in [0.1, 0.15) is 19.5 Å². The highest BCUT2D eigenvalue weighted by Crippen LogP contribution is 2.12. The fourth-order valence-electron chi connectivity index (χ4n) is 0.710. The molecule has 0 unspecified atom stereocenters. The standard InChI is InChI=1S/C10H9N3O/c1-4-10(2,3)14-9-12-6-5-8(7-11)13-9/h1,5-6H,2-3H3. The first kappa shape index (κ1) is 10.0. The molecule has 1 rings (SSSR count). The van der Waals surface area contributed by atoms with E-state index in [2.05, 4.69) is 15.9 Å². The van der Waals surface area contributed by atoms with Crippen molar-refractivity contribution in [3.8, 4) is 24.4 Å². The molecule has 0 aliphatic heterocycles. The summed E-state index contributed by atoms with van der Waals surface area (Å²) in [4.78, 5) is 7.67. The summed E-state index contributed by atoms with van der Waals surface area (Å²) in [6, 6.07) is 3.50. The Kier molecular flexibility index (Phi) is 2.69. The van der Waals surface area contributed by atoms with E-state index >= 15 is 0 Å². The molecular formula is C10H9N3O. The van der Waals surface area contributed by atoms with Gasteiger partial charge in [0.1, 0.15) is 11.8 Å². The molecule has 0 N–H and O–H groups in total. The second-order valence-electron chi connectivity index (χ2n) is 3.09. The first-order valence-corrected chi connectivity index (χ1v) is 3.97. The fourth-order valence-corrected chi connectivity index (χ4v) is 0.710. The highest BCUT2D eigenvalue weighted by molar-refractivity contribution is 5.20. The van der Waals surface area contributed by atoms with Crippen LogP contribution in [0.4, 0.5) is 0 Å². The van der Waals surface area contributed by atoms with E-state index in [9.17, 15) is 0 Å². The van der Waals surface area contributed by atoms with Crippen molar-refractivity contribution < 1.29 is 4.74 Å². The molecular weight excluding hydrogens is 178 g/mol. The number of hydrogen-bond acceptors (Lipinski definition) is 4.